The maximum Gasteiger partial charge on any atom is 0.490 e. The molecule has 0 saturated carbocycles. The van der Waals surface area contributed by atoms with Crippen molar-refractivity contribution in [2.75, 3.05) is 26.7 Å². The average molecular weight is 593 g/mol. The molecule has 0 bridgehead atoms. The minimum Gasteiger partial charge on any atom is -0.497 e. The second-order valence-electron chi connectivity index (χ2n) is 9.07. The van der Waals surface area contributed by atoms with E-state index < -0.39 is 24.3 Å². The number of methoxy groups -OCH3 is 1. The monoisotopic (exact) mass is 592 g/mol. The molecule has 3 aromatic rings. The number of fused-ring (bicyclic) bond motifs is 1. The van der Waals surface area contributed by atoms with E-state index in [1.165, 1.54) is 44.6 Å². The standard InChI is InChI=1S/C22H28N4O.2C2HF3O2/c1-4-11-26-12-9-16(10-13-26)19-14-20-22(23-15-25(20)2)21(24-19)17-5-7-18(27-3)8-6-17;2*3-2(4,5)1(6)7/h5-8,14-16H,4,9-13H2,1-3H3;2*(H,6,7). The zero-order valence-corrected chi connectivity index (χ0v) is 22.5. The molecular formula is C26H30F6N4O5. The molecule has 2 aromatic heterocycles. The molecule has 1 aliphatic rings. The van der Waals surface area contributed by atoms with E-state index in [9.17, 15) is 26.3 Å². The third kappa shape index (κ3) is 9.62. The fourth-order valence-electron chi connectivity index (χ4n) is 4.07. The van der Waals surface area contributed by atoms with Crippen LogP contribution in [-0.4, -0.2) is 80.7 Å². The first-order valence-electron chi connectivity index (χ1n) is 12.4. The predicted octanol–water partition coefficient (Wildman–Crippen LogP) is 5.50. The number of hydrogen-bond acceptors (Lipinski definition) is 6. The minimum absolute atomic E-state index is 0.523. The summed E-state index contributed by atoms with van der Waals surface area (Å²) in [6.07, 6.45) is -4.70. The molecule has 1 aromatic carbocycles. The number of carboxylic acid groups (broad SMARTS) is 2. The number of imidazole rings is 1. The molecule has 9 nitrogen and oxygen atoms in total. The zero-order chi connectivity index (χ0) is 31.0. The van der Waals surface area contributed by atoms with Gasteiger partial charge in [0, 0.05) is 24.2 Å². The summed E-state index contributed by atoms with van der Waals surface area (Å²) < 4.78 is 70.9. The minimum atomic E-state index is -5.08. The van der Waals surface area contributed by atoms with E-state index >= 15 is 0 Å². The number of aliphatic carboxylic acids is 2. The number of rotatable bonds is 5. The van der Waals surface area contributed by atoms with Gasteiger partial charge in [-0.05, 0) is 69.2 Å². The van der Waals surface area contributed by atoms with E-state index in [1.54, 1.807) is 7.11 Å². The summed E-state index contributed by atoms with van der Waals surface area (Å²) in [7, 11) is 3.75. The Morgan fingerprint density at radius 1 is 1.00 bits per heavy atom. The van der Waals surface area contributed by atoms with Gasteiger partial charge in [0.15, 0.2) is 0 Å². The lowest BCUT2D eigenvalue weighted by atomic mass is 9.92. The quantitative estimate of drug-likeness (QED) is 0.373. The third-order valence-electron chi connectivity index (χ3n) is 6.13. The highest BCUT2D eigenvalue weighted by atomic mass is 19.4. The number of carbonyl (C=O) groups is 2. The second-order valence-corrected chi connectivity index (χ2v) is 9.07. The van der Waals surface area contributed by atoms with E-state index in [4.69, 9.17) is 29.5 Å². The van der Waals surface area contributed by atoms with Gasteiger partial charge < -0.3 is 24.4 Å². The van der Waals surface area contributed by atoms with Crippen molar-refractivity contribution >= 4 is 23.0 Å². The number of nitrogens with zero attached hydrogens (tertiary/aromatic N) is 4. The Kier molecular flexibility index (Phi) is 11.5. The van der Waals surface area contributed by atoms with Gasteiger partial charge in [-0.15, -0.1) is 0 Å². The summed E-state index contributed by atoms with van der Waals surface area (Å²) in [4.78, 5) is 30.1. The number of aryl methyl sites for hydroxylation is 1. The normalized spacial score (nSPS) is 14.5. The van der Waals surface area contributed by atoms with Gasteiger partial charge in [0.05, 0.1) is 24.6 Å². The van der Waals surface area contributed by atoms with Gasteiger partial charge >= 0.3 is 24.3 Å². The number of hydrogen-bond donors (Lipinski definition) is 2. The maximum atomic E-state index is 10.6. The first kappa shape index (κ1) is 33.3. The lowest BCUT2D eigenvalue weighted by Gasteiger charge is -2.31. The Bertz CT molecular complexity index is 1280. The molecule has 0 unspecified atom stereocenters. The number of halogens is 6. The predicted molar refractivity (Wildman–Crippen MR) is 137 cm³/mol. The molecule has 0 amide bonds. The number of pyridine rings is 1. The van der Waals surface area contributed by atoms with Gasteiger partial charge in [-0.3, -0.25) is 4.98 Å². The van der Waals surface area contributed by atoms with Crippen molar-refractivity contribution in [1.82, 2.24) is 19.4 Å². The topological polar surface area (TPSA) is 118 Å². The molecule has 2 N–H and O–H groups in total. The molecule has 1 fully saturated rings. The number of benzene rings is 1. The van der Waals surface area contributed by atoms with E-state index in [2.05, 4.69) is 46.6 Å². The highest BCUT2D eigenvalue weighted by Gasteiger charge is 2.38. The van der Waals surface area contributed by atoms with Crippen LogP contribution >= 0.6 is 0 Å². The first-order valence-corrected chi connectivity index (χ1v) is 12.4. The summed E-state index contributed by atoms with van der Waals surface area (Å²) in [6, 6.07) is 10.4. The first-order chi connectivity index (χ1) is 19.1. The summed E-state index contributed by atoms with van der Waals surface area (Å²) in [6.45, 7) is 5.80. The van der Waals surface area contributed by atoms with E-state index in [0.29, 0.717) is 5.92 Å². The average Bonchev–Trinajstić information content (AvgIpc) is 3.29. The van der Waals surface area contributed by atoms with Crippen molar-refractivity contribution in [3.63, 3.8) is 0 Å². The molecule has 0 spiro atoms. The molecule has 3 heterocycles. The van der Waals surface area contributed by atoms with Gasteiger partial charge in [-0.25, -0.2) is 14.6 Å². The van der Waals surface area contributed by atoms with Crippen molar-refractivity contribution in [1.29, 1.82) is 0 Å². The SMILES string of the molecule is CCCN1CCC(c2cc3c(ncn3C)c(-c3ccc(OC)cc3)n2)CC1.O=C(O)C(F)(F)F.O=C(O)C(F)(F)F. The van der Waals surface area contributed by atoms with Crippen LogP contribution in [0.25, 0.3) is 22.3 Å². The maximum absolute atomic E-state index is 10.6. The van der Waals surface area contributed by atoms with Crippen LogP contribution in [0.2, 0.25) is 0 Å². The number of piperidine rings is 1. The van der Waals surface area contributed by atoms with Crippen LogP contribution in [0.4, 0.5) is 26.3 Å². The largest absolute Gasteiger partial charge is 0.497 e. The van der Waals surface area contributed by atoms with E-state index in [0.717, 1.165) is 28.0 Å². The molecule has 0 atom stereocenters. The molecule has 1 aliphatic heterocycles. The zero-order valence-electron chi connectivity index (χ0n) is 22.5. The third-order valence-corrected chi connectivity index (χ3v) is 6.13. The Balaban J connectivity index is 0.000000349. The molecule has 1 saturated heterocycles. The Morgan fingerprint density at radius 2 is 1.51 bits per heavy atom. The van der Waals surface area contributed by atoms with Crippen LogP contribution < -0.4 is 4.74 Å². The van der Waals surface area contributed by atoms with Gasteiger partial charge in [-0.2, -0.15) is 26.3 Å². The summed E-state index contributed by atoms with van der Waals surface area (Å²) >= 11 is 0. The molecule has 41 heavy (non-hydrogen) atoms. The summed E-state index contributed by atoms with van der Waals surface area (Å²) in [5.41, 5.74) is 5.39. The number of aromatic nitrogens is 3. The van der Waals surface area contributed by atoms with Crippen molar-refractivity contribution in [2.24, 2.45) is 7.05 Å². The number of carboxylic acids is 2. The number of likely N-dealkylation sites (tertiary alicyclic amines) is 1. The van der Waals surface area contributed by atoms with Crippen LogP contribution in [0.1, 0.15) is 37.8 Å². The Morgan fingerprint density at radius 3 is 1.95 bits per heavy atom. The van der Waals surface area contributed by atoms with Gasteiger partial charge in [0.1, 0.15) is 11.3 Å². The molecule has 15 heteroatoms. The van der Waals surface area contributed by atoms with Crippen LogP contribution in [0, 0.1) is 0 Å². The van der Waals surface area contributed by atoms with Crippen molar-refractivity contribution in [3.8, 4) is 17.0 Å². The fraction of sp³-hybridized carbons (Fsp3) is 0.462. The van der Waals surface area contributed by atoms with Crippen LogP contribution in [-0.2, 0) is 16.6 Å². The molecular weight excluding hydrogens is 562 g/mol. The summed E-state index contributed by atoms with van der Waals surface area (Å²) in [5, 5.41) is 14.2. The Hall–Kier alpha value is -3.88. The second kappa shape index (κ2) is 14.1. The van der Waals surface area contributed by atoms with E-state index in [1.807, 2.05) is 18.5 Å². The van der Waals surface area contributed by atoms with Crippen molar-refractivity contribution < 1.29 is 50.9 Å². The molecule has 4 rings (SSSR count). The Labute approximate surface area is 231 Å². The molecule has 0 radical (unpaired) electrons. The van der Waals surface area contributed by atoms with Crippen molar-refractivity contribution in [3.05, 3.63) is 42.4 Å². The number of alkyl halides is 6. The summed E-state index contributed by atoms with van der Waals surface area (Å²) in [5.74, 6) is -4.13. The highest BCUT2D eigenvalue weighted by Crippen LogP contribution is 2.33. The van der Waals surface area contributed by atoms with Crippen molar-refractivity contribution in [2.45, 2.75) is 44.5 Å². The lowest BCUT2D eigenvalue weighted by molar-refractivity contribution is -0.193. The molecule has 0 aliphatic carbocycles. The fourth-order valence-corrected chi connectivity index (χ4v) is 4.07. The van der Waals surface area contributed by atoms with Gasteiger partial charge in [0.2, 0.25) is 0 Å². The number of ether oxygens (including phenoxy) is 1. The molecule has 226 valence electrons. The van der Waals surface area contributed by atoms with Gasteiger partial charge in [-0.1, -0.05) is 6.92 Å². The van der Waals surface area contributed by atoms with Crippen LogP contribution in [0.15, 0.2) is 36.7 Å². The lowest BCUT2D eigenvalue weighted by Crippen LogP contribution is -2.33. The van der Waals surface area contributed by atoms with Crippen LogP contribution in [0.5, 0.6) is 5.75 Å². The smallest absolute Gasteiger partial charge is 0.490 e. The van der Waals surface area contributed by atoms with E-state index in [-0.39, 0.29) is 0 Å². The van der Waals surface area contributed by atoms with Crippen LogP contribution in [0.3, 0.4) is 0 Å². The van der Waals surface area contributed by atoms with Gasteiger partial charge in [0.25, 0.3) is 0 Å². The highest BCUT2D eigenvalue weighted by molar-refractivity contribution is 5.90.